The molecular formula is C25H23N5O. The summed E-state index contributed by atoms with van der Waals surface area (Å²) in [6, 6.07) is 21.4. The van der Waals surface area contributed by atoms with Crippen molar-refractivity contribution >= 4 is 0 Å². The summed E-state index contributed by atoms with van der Waals surface area (Å²) in [6.07, 6.45) is 3.80. The Morgan fingerprint density at radius 1 is 0.871 bits per heavy atom. The van der Waals surface area contributed by atoms with E-state index < -0.39 is 0 Å². The number of H-pyrrole nitrogens is 1. The van der Waals surface area contributed by atoms with Gasteiger partial charge in [0.1, 0.15) is 5.82 Å². The van der Waals surface area contributed by atoms with Gasteiger partial charge in [-0.2, -0.15) is 0 Å². The summed E-state index contributed by atoms with van der Waals surface area (Å²) in [4.78, 5) is 16.9. The second kappa shape index (κ2) is 7.32. The average Bonchev–Trinajstić information content (AvgIpc) is 3.15. The first kappa shape index (κ1) is 18.3. The summed E-state index contributed by atoms with van der Waals surface area (Å²) in [7, 11) is 0. The summed E-state index contributed by atoms with van der Waals surface area (Å²) in [5.74, 6) is 1.71. The van der Waals surface area contributed by atoms with E-state index in [-0.39, 0.29) is 11.6 Å². The summed E-state index contributed by atoms with van der Waals surface area (Å²) in [5, 5.41) is 8.93. The monoisotopic (exact) mass is 409 g/mol. The number of rotatable bonds is 2. The van der Waals surface area contributed by atoms with Gasteiger partial charge in [0, 0.05) is 30.9 Å². The molecule has 31 heavy (non-hydrogen) atoms. The van der Waals surface area contributed by atoms with E-state index in [0.717, 1.165) is 49.7 Å². The maximum atomic E-state index is 11.8. The Kier molecular flexibility index (Phi) is 4.32. The van der Waals surface area contributed by atoms with Crippen LogP contribution in [0.5, 0.6) is 0 Å². The second-order valence-corrected chi connectivity index (χ2v) is 8.30. The van der Waals surface area contributed by atoms with Crippen molar-refractivity contribution in [3.8, 4) is 11.4 Å². The van der Waals surface area contributed by atoms with E-state index in [0.29, 0.717) is 0 Å². The Bertz CT molecular complexity index is 1270. The Labute approximate surface area is 180 Å². The van der Waals surface area contributed by atoms with Crippen molar-refractivity contribution < 1.29 is 0 Å². The molecule has 2 aliphatic rings. The van der Waals surface area contributed by atoms with E-state index in [1.807, 2.05) is 6.07 Å². The van der Waals surface area contributed by atoms with Crippen molar-refractivity contribution in [3.05, 3.63) is 105 Å². The highest BCUT2D eigenvalue weighted by Gasteiger charge is 2.32. The van der Waals surface area contributed by atoms with Crippen molar-refractivity contribution in [1.29, 1.82) is 0 Å². The third-order valence-corrected chi connectivity index (χ3v) is 6.54. The molecule has 1 aliphatic heterocycles. The molecule has 0 fully saturated rings. The molecule has 4 aromatic rings. The van der Waals surface area contributed by atoms with Gasteiger partial charge in [-0.1, -0.05) is 48.5 Å². The van der Waals surface area contributed by atoms with Gasteiger partial charge in [0.25, 0.3) is 0 Å². The predicted octanol–water partition coefficient (Wildman–Crippen LogP) is 3.34. The van der Waals surface area contributed by atoms with Gasteiger partial charge in [0.2, 0.25) is 5.56 Å². The zero-order chi connectivity index (χ0) is 20.8. The molecule has 0 atom stereocenters. The number of fused-ring (bicyclic) bond motifs is 3. The minimum Gasteiger partial charge on any atom is -0.329 e. The standard InChI is InChI=1S/C25H23N5O/c31-23-15-19(11-12-26-23)25-28-27-22-16-29(13-14-30(22)25)24-20-7-3-1-5-17(20)9-10-18-6-2-4-8-21(18)24/h1-8,11-12,15,24H,9-10,13-14,16H2,(H,26,31). The van der Waals surface area contributed by atoms with Crippen LogP contribution in [0.1, 0.15) is 34.1 Å². The lowest BCUT2D eigenvalue weighted by molar-refractivity contribution is 0.176. The lowest BCUT2D eigenvalue weighted by Gasteiger charge is -2.36. The zero-order valence-corrected chi connectivity index (χ0v) is 17.2. The van der Waals surface area contributed by atoms with Gasteiger partial charge in [-0.05, 0) is 41.2 Å². The van der Waals surface area contributed by atoms with E-state index in [9.17, 15) is 4.79 Å². The molecule has 0 spiro atoms. The van der Waals surface area contributed by atoms with Crippen LogP contribution < -0.4 is 5.56 Å². The number of pyridine rings is 1. The van der Waals surface area contributed by atoms with Crippen molar-refractivity contribution in [1.82, 2.24) is 24.6 Å². The topological polar surface area (TPSA) is 66.8 Å². The molecule has 154 valence electrons. The molecule has 2 aromatic heterocycles. The molecule has 1 aliphatic carbocycles. The fraction of sp³-hybridized carbons (Fsp3) is 0.240. The van der Waals surface area contributed by atoms with Crippen molar-refractivity contribution in [2.24, 2.45) is 0 Å². The van der Waals surface area contributed by atoms with Crippen LogP contribution in [0.25, 0.3) is 11.4 Å². The molecule has 6 rings (SSSR count). The molecule has 6 heteroatoms. The normalized spacial score (nSPS) is 16.3. The first-order valence-corrected chi connectivity index (χ1v) is 10.8. The maximum Gasteiger partial charge on any atom is 0.248 e. The maximum absolute atomic E-state index is 11.8. The second-order valence-electron chi connectivity index (χ2n) is 8.30. The summed E-state index contributed by atoms with van der Waals surface area (Å²) < 4.78 is 2.15. The highest BCUT2D eigenvalue weighted by Crippen LogP contribution is 2.38. The van der Waals surface area contributed by atoms with Gasteiger partial charge >= 0.3 is 0 Å². The van der Waals surface area contributed by atoms with E-state index in [1.54, 1.807) is 12.3 Å². The van der Waals surface area contributed by atoms with Crippen LogP contribution in [0.2, 0.25) is 0 Å². The Morgan fingerprint density at radius 3 is 2.29 bits per heavy atom. The molecule has 0 radical (unpaired) electrons. The number of nitrogens with one attached hydrogen (secondary N) is 1. The molecule has 1 N–H and O–H groups in total. The average molecular weight is 409 g/mol. The van der Waals surface area contributed by atoms with E-state index in [1.165, 1.54) is 22.3 Å². The fourth-order valence-electron chi connectivity index (χ4n) is 5.08. The highest BCUT2D eigenvalue weighted by atomic mass is 16.1. The molecule has 6 nitrogen and oxygen atoms in total. The van der Waals surface area contributed by atoms with E-state index in [4.69, 9.17) is 0 Å². The van der Waals surface area contributed by atoms with Crippen LogP contribution in [0.15, 0.2) is 71.7 Å². The molecule has 0 saturated carbocycles. The molecule has 0 bridgehead atoms. The van der Waals surface area contributed by atoms with E-state index >= 15 is 0 Å². The number of aromatic nitrogens is 4. The Morgan fingerprint density at radius 2 is 1.58 bits per heavy atom. The quantitative estimate of drug-likeness (QED) is 0.551. The van der Waals surface area contributed by atoms with Crippen LogP contribution in [0, 0.1) is 0 Å². The van der Waals surface area contributed by atoms with E-state index in [2.05, 4.69) is 73.2 Å². The fourth-order valence-corrected chi connectivity index (χ4v) is 5.08. The third kappa shape index (κ3) is 3.11. The zero-order valence-electron chi connectivity index (χ0n) is 17.2. The van der Waals surface area contributed by atoms with Crippen molar-refractivity contribution in [2.75, 3.05) is 6.54 Å². The van der Waals surface area contributed by atoms with Crippen LogP contribution in [-0.4, -0.2) is 31.2 Å². The smallest absolute Gasteiger partial charge is 0.248 e. The van der Waals surface area contributed by atoms with Gasteiger partial charge in [0.15, 0.2) is 5.82 Å². The number of benzene rings is 2. The van der Waals surface area contributed by atoms with Crippen LogP contribution in [0.4, 0.5) is 0 Å². The Balaban J connectivity index is 1.41. The third-order valence-electron chi connectivity index (χ3n) is 6.54. The van der Waals surface area contributed by atoms with Crippen molar-refractivity contribution in [3.63, 3.8) is 0 Å². The largest absolute Gasteiger partial charge is 0.329 e. The molecule has 0 saturated heterocycles. The predicted molar refractivity (Wildman–Crippen MR) is 119 cm³/mol. The lowest BCUT2D eigenvalue weighted by Crippen LogP contribution is -2.37. The van der Waals surface area contributed by atoms with Crippen LogP contribution in [-0.2, 0) is 25.9 Å². The summed E-state index contributed by atoms with van der Waals surface area (Å²) in [5.41, 5.74) is 6.34. The van der Waals surface area contributed by atoms with Gasteiger partial charge in [0.05, 0.1) is 12.6 Å². The molecule has 3 heterocycles. The minimum absolute atomic E-state index is 0.126. The molecular weight excluding hydrogens is 386 g/mol. The van der Waals surface area contributed by atoms with Gasteiger partial charge in [-0.3, -0.25) is 9.69 Å². The number of hydrogen-bond donors (Lipinski definition) is 1. The Hall–Kier alpha value is -3.51. The minimum atomic E-state index is -0.126. The van der Waals surface area contributed by atoms with Gasteiger partial charge in [-0.15, -0.1) is 10.2 Å². The summed E-state index contributed by atoms with van der Waals surface area (Å²) in [6.45, 7) is 2.42. The number of aryl methyl sites for hydroxylation is 2. The van der Waals surface area contributed by atoms with Crippen LogP contribution in [0.3, 0.4) is 0 Å². The number of nitrogens with zero attached hydrogens (tertiary/aromatic N) is 4. The molecule has 0 unspecified atom stereocenters. The highest BCUT2D eigenvalue weighted by molar-refractivity contribution is 5.54. The van der Waals surface area contributed by atoms with Crippen LogP contribution >= 0.6 is 0 Å². The number of hydrogen-bond acceptors (Lipinski definition) is 4. The number of aromatic amines is 1. The van der Waals surface area contributed by atoms with Gasteiger partial charge < -0.3 is 9.55 Å². The van der Waals surface area contributed by atoms with Crippen molar-refractivity contribution in [2.45, 2.75) is 32.0 Å². The first-order valence-electron chi connectivity index (χ1n) is 10.8. The first-order chi connectivity index (χ1) is 15.3. The molecule has 0 amide bonds. The lowest BCUT2D eigenvalue weighted by atomic mass is 9.93. The van der Waals surface area contributed by atoms with Gasteiger partial charge in [-0.25, -0.2) is 0 Å². The molecule has 2 aromatic carbocycles. The summed E-state index contributed by atoms with van der Waals surface area (Å²) >= 11 is 0. The SMILES string of the molecule is O=c1cc(-c2nnc3n2CCN(C2c4ccccc4CCc4ccccc42)C3)cc[nH]1.